The maximum atomic E-state index is 15.6. The molecule has 4 rings (SSSR count). The summed E-state index contributed by atoms with van der Waals surface area (Å²) in [5, 5.41) is 9.39. The first-order chi connectivity index (χ1) is 19.0. The Balaban J connectivity index is 1.66. The molecule has 1 aliphatic carbocycles. The molecule has 214 valence electrons. The fourth-order valence-electron chi connectivity index (χ4n) is 5.25. The van der Waals surface area contributed by atoms with E-state index in [1.54, 1.807) is 37.4 Å². The highest BCUT2D eigenvalue weighted by molar-refractivity contribution is 5.70. The van der Waals surface area contributed by atoms with Gasteiger partial charge in [0.2, 0.25) is 5.88 Å². The third kappa shape index (κ3) is 6.97. The van der Waals surface area contributed by atoms with Crippen molar-refractivity contribution in [3.05, 3.63) is 77.0 Å². The summed E-state index contributed by atoms with van der Waals surface area (Å²) in [6.45, 7) is 6.16. The lowest BCUT2D eigenvalue weighted by atomic mass is 9.81. The normalized spacial score (nSPS) is 15.0. The number of ether oxygens (including phenoxy) is 3. The van der Waals surface area contributed by atoms with Crippen LogP contribution in [0.3, 0.4) is 0 Å². The molecule has 2 atom stereocenters. The second kappa shape index (κ2) is 12.3. The predicted molar refractivity (Wildman–Crippen MR) is 148 cm³/mol. The molecule has 1 aromatic heterocycles. The summed E-state index contributed by atoms with van der Waals surface area (Å²) in [6, 6.07) is 11.9. The Hall–Kier alpha value is -3.52. The Morgan fingerprint density at radius 3 is 2.45 bits per heavy atom. The first kappa shape index (κ1) is 29.5. The minimum Gasteiger partial charge on any atom is -0.486 e. The van der Waals surface area contributed by atoms with Gasteiger partial charge in [0.1, 0.15) is 12.4 Å². The van der Waals surface area contributed by atoms with Crippen molar-refractivity contribution >= 4 is 5.97 Å². The molecule has 0 radical (unpaired) electrons. The highest BCUT2D eigenvalue weighted by atomic mass is 19.1. The number of aromatic nitrogens is 1. The topological polar surface area (TPSA) is 77.9 Å². The Bertz CT molecular complexity index is 1350. The number of hydrogen-bond acceptors (Lipinski definition) is 5. The monoisotopic (exact) mass is 553 g/mol. The maximum absolute atomic E-state index is 15.6. The molecule has 0 aliphatic heterocycles. The molecule has 1 fully saturated rings. The molecule has 2 aromatic carbocycles. The molecule has 1 N–H and O–H groups in total. The molecule has 0 unspecified atom stereocenters. The van der Waals surface area contributed by atoms with Crippen LogP contribution in [0.5, 0.6) is 11.6 Å². The first-order valence-electron chi connectivity index (χ1n) is 13.5. The van der Waals surface area contributed by atoms with Gasteiger partial charge in [-0.1, -0.05) is 57.9 Å². The predicted octanol–water partition coefficient (Wildman–Crippen LogP) is 7.71. The van der Waals surface area contributed by atoms with E-state index in [1.165, 1.54) is 7.11 Å². The molecule has 1 saturated carbocycles. The molecule has 1 aliphatic rings. The lowest BCUT2D eigenvalue weighted by molar-refractivity contribution is -0.137. The highest BCUT2D eigenvalue weighted by Crippen LogP contribution is 2.43. The lowest BCUT2D eigenvalue weighted by Crippen LogP contribution is -2.21. The van der Waals surface area contributed by atoms with Gasteiger partial charge in [-0.15, -0.1) is 0 Å². The molecule has 0 bridgehead atoms. The third-order valence-electron chi connectivity index (χ3n) is 7.31. The SMILES string of the molecule is COc1cc(-c2ccc(COc3cccc([C@@H](CC(=O)O)CC4CC4)c3F)cc2[C@@H](OC)C(C)(C)C)c(F)cn1. The highest BCUT2D eigenvalue weighted by Gasteiger charge is 2.31. The average Bonchev–Trinajstić information content (AvgIpc) is 3.72. The second-order valence-electron chi connectivity index (χ2n) is 11.5. The molecule has 40 heavy (non-hydrogen) atoms. The summed E-state index contributed by atoms with van der Waals surface area (Å²) >= 11 is 0. The zero-order valence-corrected chi connectivity index (χ0v) is 23.7. The molecule has 0 amide bonds. The number of nitrogens with zero attached hydrogens (tertiary/aromatic N) is 1. The van der Waals surface area contributed by atoms with Gasteiger partial charge in [-0.2, -0.15) is 0 Å². The van der Waals surface area contributed by atoms with Gasteiger partial charge in [-0.3, -0.25) is 4.79 Å². The van der Waals surface area contributed by atoms with Crippen LogP contribution in [0.4, 0.5) is 8.78 Å². The van der Waals surface area contributed by atoms with Crippen LogP contribution in [0.1, 0.15) is 75.2 Å². The molecule has 0 spiro atoms. The van der Waals surface area contributed by atoms with Crippen molar-refractivity contribution < 1.29 is 32.9 Å². The Kier molecular flexibility index (Phi) is 9.08. The minimum absolute atomic E-state index is 0.0581. The molecular weight excluding hydrogens is 516 g/mol. The minimum atomic E-state index is -0.946. The summed E-state index contributed by atoms with van der Waals surface area (Å²) in [5.74, 6) is -1.56. The van der Waals surface area contributed by atoms with E-state index in [9.17, 15) is 14.3 Å². The molecule has 6 nitrogen and oxygen atoms in total. The number of rotatable bonds is 12. The largest absolute Gasteiger partial charge is 0.486 e. The Morgan fingerprint density at radius 2 is 1.82 bits per heavy atom. The molecule has 1 heterocycles. The number of benzene rings is 2. The number of aliphatic carboxylic acids is 1. The van der Waals surface area contributed by atoms with Crippen LogP contribution in [0.2, 0.25) is 0 Å². The summed E-state index contributed by atoms with van der Waals surface area (Å²) in [5.41, 5.74) is 2.52. The molecule has 8 heteroatoms. The van der Waals surface area contributed by atoms with Crippen LogP contribution < -0.4 is 9.47 Å². The van der Waals surface area contributed by atoms with E-state index in [4.69, 9.17) is 14.2 Å². The van der Waals surface area contributed by atoms with Gasteiger partial charge in [0.05, 0.1) is 25.8 Å². The first-order valence-corrected chi connectivity index (χ1v) is 13.5. The van der Waals surface area contributed by atoms with Crippen molar-refractivity contribution in [2.45, 2.75) is 65.1 Å². The van der Waals surface area contributed by atoms with E-state index in [1.807, 2.05) is 32.9 Å². The smallest absolute Gasteiger partial charge is 0.303 e. The van der Waals surface area contributed by atoms with Crippen molar-refractivity contribution in [3.63, 3.8) is 0 Å². The quantitative estimate of drug-likeness (QED) is 0.248. The van der Waals surface area contributed by atoms with E-state index in [2.05, 4.69) is 4.98 Å². The zero-order valence-electron chi connectivity index (χ0n) is 23.7. The summed E-state index contributed by atoms with van der Waals surface area (Å²) in [4.78, 5) is 15.4. The van der Waals surface area contributed by atoms with E-state index < -0.39 is 23.5 Å². The number of hydrogen-bond donors (Lipinski definition) is 1. The summed E-state index contributed by atoms with van der Waals surface area (Å²) < 4.78 is 47.6. The van der Waals surface area contributed by atoms with Gasteiger partial charge in [0.25, 0.3) is 0 Å². The van der Waals surface area contributed by atoms with Crippen LogP contribution in [-0.2, 0) is 16.1 Å². The summed E-state index contributed by atoms with van der Waals surface area (Å²) in [7, 11) is 3.09. The molecule has 0 saturated heterocycles. The van der Waals surface area contributed by atoms with Gasteiger partial charge >= 0.3 is 5.97 Å². The van der Waals surface area contributed by atoms with Gasteiger partial charge in [0, 0.05) is 18.7 Å². The number of pyridine rings is 1. The number of carboxylic acids is 1. The number of halogens is 2. The van der Waals surface area contributed by atoms with Crippen LogP contribution in [0.15, 0.2) is 48.7 Å². The molecule has 3 aromatic rings. The van der Waals surface area contributed by atoms with E-state index >= 15 is 4.39 Å². The second-order valence-corrected chi connectivity index (χ2v) is 11.5. The van der Waals surface area contributed by atoms with Gasteiger partial charge in [-0.25, -0.2) is 13.8 Å². The number of carboxylic acid groups (broad SMARTS) is 1. The standard InChI is InChI=1S/C32H37F2NO5/c1-32(2,3)31(39-5)25-14-20(11-12-23(25)24-16-28(38-4)35-17-26(24)33)18-40-27-8-6-7-22(30(27)34)21(15-29(36)37)13-19-9-10-19/h6-8,11-12,14,16-17,19,21,31H,9-10,13,15,18H2,1-5H3,(H,36,37)/t21-,31-/m1/s1. The number of methoxy groups -OCH3 is 2. The van der Waals surface area contributed by atoms with Gasteiger partial charge in [0.15, 0.2) is 11.6 Å². The van der Waals surface area contributed by atoms with Crippen molar-refractivity contribution in [3.8, 4) is 22.8 Å². The van der Waals surface area contributed by atoms with Crippen molar-refractivity contribution in [1.29, 1.82) is 0 Å². The van der Waals surface area contributed by atoms with Gasteiger partial charge < -0.3 is 19.3 Å². The maximum Gasteiger partial charge on any atom is 0.303 e. The van der Waals surface area contributed by atoms with Crippen LogP contribution in [0, 0.1) is 23.0 Å². The Morgan fingerprint density at radius 1 is 1.07 bits per heavy atom. The average molecular weight is 554 g/mol. The van der Waals surface area contributed by atoms with Gasteiger partial charge in [-0.05, 0) is 58.1 Å². The van der Waals surface area contributed by atoms with Crippen LogP contribution >= 0.6 is 0 Å². The van der Waals surface area contributed by atoms with E-state index in [-0.39, 0.29) is 36.2 Å². The summed E-state index contributed by atoms with van der Waals surface area (Å²) in [6.07, 6.45) is 3.38. The van der Waals surface area contributed by atoms with E-state index in [0.717, 1.165) is 30.2 Å². The van der Waals surface area contributed by atoms with Crippen LogP contribution in [0.25, 0.3) is 11.1 Å². The van der Waals surface area contributed by atoms with Crippen LogP contribution in [-0.4, -0.2) is 30.3 Å². The van der Waals surface area contributed by atoms with Crippen molar-refractivity contribution in [2.75, 3.05) is 14.2 Å². The Labute approximate surface area is 234 Å². The molecular formula is C32H37F2NO5. The lowest BCUT2D eigenvalue weighted by Gasteiger charge is -2.32. The zero-order chi connectivity index (χ0) is 29.0. The van der Waals surface area contributed by atoms with Crippen molar-refractivity contribution in [2.24, 2.45) is 11.3 Å². The third-order valence-corrected chi connectivity index (χ3v) is 7.31. The van der Waals surface area contributed by atoms with Crippen molar-refractivity contribution in [1.82, 2.24) is 4.98 Å². The fourth-order valence-corrected chi connectivity index (χ4v) is 5.25. The van der Waals surface area contributed by atoms with E-state index in [0.29, 0.717) is 29.0 Å². The number of carbonyl (C=O) groups is 1. The fraction of sp³-hybridized carbons (Fsp3) is 0.438.